The smallest absolute Gasteiger partial charge is 0.282 e. The molecule has 1 aromatic heterocycles. The summed E-state index contributed by atoms with van der Waals surface area (Å²) in [6, 6.07) is 3.70. The molecule has 0 N–H and O–H groups in total. The van der Waals surface area contributed by atoms with Crippen LogP contribution in [0.1, 0.15) is 11.3 Å². The predicted molar refractivity (Wildman–Crippen MR) is 50.9 cm³/mol. The molecule has 0 spiro atoms. The fraction of sp³-hybridized carbons (Fsp3) is 0.500. The van der Waals surface area contributed by atoms with Gasteiger partial charge in [0.2, 0.25) is 0 Å². The van der Waals surface area contributed by atoms with Gasteiger partial charge < -0.3 is 4.90 Å². The van der Waals surface area contributed by atoms with Crippen molar-refractivity contribution < 1.29 is 8.78 Å². The Morgan fingerprint density at radius 2 is 1.93 bits per heavy atom. The van der Waals surface area contributed by atoms with Gasteiger partial charge in [-0.25, -0.2) is 13.8 Å². The van der Waals surface area contributed by atoms with Crippen LogP contribution in [0.15, 0.2) is 12.1 Å². The second kappa shape index (κ2) is 2.90. The van der Waals surface area contributed by atoms with Crippen molar-refractivity contribution >= 4 is 5.82 Å². The lowest BCUT2D eigenvalue weighted by molar-refractivity contribution is -0.0267. The standard InChI is InChI=1S/C10H12F2N2/c1-7-3-4-9(13-8(7)2)14-5-10(11,12)6-14/h3-4H,5-6H2,1-2H3. The summed E-state index contributed by atoms with van der Waals surface area (Å²) >= 11 is 0. The van der Waals surface area contributed by atoms with E-state index in [0.29, 0.717) is 5.82 Å². The normalized spacial score (nSPS) is 19.3. The predicted octanol–water partition coefficient (Wildman–Crippen LogP) is 2.15. The Hall–Kier alpha value is -1.19. The largest absolute Gasteiger partial charge is 0.344 e. The number of aromatic nitrogens is 1. The Bertz CT molecular complexity index is 355. The van der Waals surface area contributed by atoms with Crippen LogP contribution in [0, 0.1) is 13.8 Å². The van der Waals surface area contributed by atoms with Gasteiger partial charge in [0.15, 0.2) is 0 Å². The second-order valence-corrected chi connectivity index (χ2v) is 3.78. The maximum absolute atomic E-state index is 12.6. The first-order valence-electron chi connectivity index (χ1n) is 4.55. The van der Waals surface area contributed by atoms with Crippen molar-refractivity contribution in [2.75, 3.05) is 18.0 Å². The van der Waals surface area contributed by atoms with Crippen LogP contribution in [0.4, 0.5) is 14.6 Å². The minimum Gasteiger partial charge on any atom is -0.344 e. The van der Waals surface area contributed by atoms with Gasteiger partial charge in [0, 0.05) is 5.69 Å². The van der Waals surface area contributed by atoms with Gasteiger partial charge in [0.1, 0.15) is 5.82 Å². The monoisotopic (exact) mass is 198 g/mol. The summed E-state index contributed by atoms with van der Waals surface area (Å²) in [6.07, 6.45) is 0. The number of pyridine rings is 1. The number of halogens is 2. The molecule has 1 fully saturated rings. The quantitative estimate of drug-likeness (QED) is 0.687. The lowest BCUT2D eigenvalue weighted by Gasteiger charge is -2.39. The van der Waals surface area contributed by atoms with E-state index in [1.54, 1.807) is 11.0 Å². The fourth-order valence-corrected chi connectivity index (χ4v) is 1.47. The highest BCUT2D eigenvalue weighted by molar-refractivity contribution is 5.45. The molecule has 1 aliphatic heterocycles. The summed E-state index contributed by atoms with van der Waals surface area (Å²) in [5.74, 6) is -1.88. The molecule has 1 saturated heterocycles. The van der Waals surface area contributed by atoms with Crippen LogP contribution in [-0.4, -0.2) is 24.0 Å². The van der Waals surface area contributed by atoms with Gasteiger partial charge in [-0.2, -0.15) is 0 Å². The molecule has 0 aromatic carbocycles. The van der Waals surface area contributed by atoms with E-state index in [1.807, 2.05) is 19.9 Å². The molecular formula is C10H12F2N2. The lowest BCUT2D eigenvalue weighted by Crippen LogP contribution is -2.56. The van der Waals surface area contributed by atoms with Crippen molar-refractivity contribution in [2.45, 2.75) is 19.8 Å². The number of hydrogen-bond acceptors (Lipinski definition) is 2. The third kappa shape index (κ3) is 1.56. The number of nitrogens with zero attached hydrogens (tertiary/aromatic N) is 2. The van der Waals surface area contributed by atoms with Gasteiger partial charge in [0.25, 0.3) is 5.92 Å². The third-order valence-corrected chi connectivity index (χ3v) is 2.50. The first kappa shape index (κ1) is 9.37. The maximum atomic E-state index is 12.6. The minimum absolute atomic E-state index is 0.206. The van der Waals surface area contributed by atoms with E-state index >= 15 is 0 Å². The number of hydrogen-bond donors (Lipinski definition) is 0. The molecule has 1 aliphatic rings. The highest BCUT2D eigenvalue weighted by atomic mass is 19.3. The van der Waals surface area contributed by atoms with Crippen molar-refractivity contribution in [3.63, 3.8) is 0 Å². The van der Waals surface area contributed by atoms with E-state index < -0.39 is 5.92 Å². The first-order valence-corrected chi connectivity index (χ1v) is 4.55. The molecular weight excluding hydrogens is 186 g/mol. The lowest BCUT2D eigenvalue weighted by atomic mass is 10.1. The fourth-order valence-electron chi connectivity index (χ4n) is 1.47. The molecule has 0 atom stereocenters. The van der Waals surface area contributed by atoms with Crippen LogP contribution in [0.25, 0.3) is 0 Å². The van der Waals surface area contributed by atoms with Crippen molar-refractivity contribution in [1.82, 2.24) is 4.98 Å². The highest BCUT2D eigenvalue weighted by Crippen LogP contribution is 2.30. The van der Waals surface area contributed by atoms with Crippen molar-refractivity contribution in [1.29, 1.82) is 0 Å². The zero-order valence-electron chi connectivity index (χ0n) is 8.22. The van der Waals surface area contributed by atoms with E-state index in [4.69, 9.17) is 0 Å². The summed E-state index contributed by atoms with van der Waals surface area (Å²) in [5, 5.41) is 0. The molecule has 0 bridgehead atoms. The van der Waals surface area contributed by atoms with Crippen molar-refractivity contribution in [3.05, 3.63) is 23.4 Å². The van der Waals surface area contributed by atoms with Gasteiger partial charge >= 0.3 is 0 Å². The van der Waals surface area contributed by atoms with Gasteiger partial charge in [-0.15, -0.1) is 0 Å². The number of rotatable bonds is 1. The Morgan fingerprint density at radius 1 is 1.29 bits per heavy atom. The molecule has 4 heteroatoms. The van der Waals surface area contributed by atoms with Crippen molar-refractivity contribution in [2.24, 2.45) is 0 Å². The zero-order chi connectivity index (χ0) is 10.3. The molecule has 2 heterocycles. The summed E-state index contributed by atoms with van der Waals surface area (Å²) in [7, 11) is 0. The Kier molecular flexibility index (Phi) is 1.94. The van der Waals surface area contributed by atoms with E-state index in [9.17, 15) is 8.78 Å². The van der Waals surface area contributed by atoms with Crippen LogP contribution in [0.5, 0.6) is 0 Å². The van der Waals surface area contributed by atoms with Gasteiger partial charge in [-0.05, 0) is 25.5 Å². The maximum Gasteiger partial charge on any atom is 0.282 e. The summed E-state index contributed by atoms with van der Waals surface area (Å²) in [5.41, 5.74) is 1.98. The average Bonchev–Trinajstić information content (AvgIpc) is 2.06. The molecule has 0 unspecified atom stereocenters. The summed E-state index contributed by atoms with van der Waals surface area (Å²) in [4.78, 5) is 5.84. The van der Waals surface area contributed by atoms with Crippen molar-refractivity contribution in [3.8, 4) is 0 Å². The van der Waals surface area contributed by atoms with Crippen LogP contribution in [0.2, 0.25) is 0 Å². The molecule has 0 radical (unpaired) electrons. The van der Waals surface area contributed by atoms with E-state index in [0.717, 1.165) is 11.3 Å². The zero-order valence-corrected chi connectivity index (χ0v) is 8.22. The van der Waals surface area contributed by atoms with E-state index in [2.05, 4.69) is 4.98 Å². The van der Waals surface area contributed by atoms with Crippen LogP contribution in [0.3, 0.4) is 0 Å². The Morgan fingerprint density at radius 3 is 2.43 bits per heavy atom. The average molecular weight is 198 g/mol. The number of aryl methyl sites for hydroxylation is 2. The van der Waals surface area contributed by atoms with Gasteiger partial charge in [-0.1, -0.05) is 6.07 Å². The molecule has 0 amide bonds. The van der Waals surface area contributed by atoms with Crippen LogP contribution in [-0.2, 0) is 0 Å². The summed E-state index contributed by atoms with van der Waals surface area (Å²) < 4.78 is 25.2. The molecule has 76 valence electrons. The van der Waals surface area contributed by atoms with E-state index in [-0.39, 0.29) is 13.1 Å². The van der Waals surface area contributed by atoms with Gasteiger partial charge in [0.05, 0.1) is 13.1 Å². The molecule has 2 nitrogen and oxygen atoms in total. The molecule has 14 heavy (non-hydrogen) atoms. The van der Waals surface area contributed by atoms with Crippen LogP contribution < -0.4 is 4.90 Å². The van der Waals surface area contributed by atoms with Gasteiger partial charge in [-0.3, -0.25) is 0 Å². The van der Waals surface area contributed by atoms with Crippen LogP contribution >= 0.6 is 0 Å². The minimum atomic E-state index is -2.53. The molecule has 0 aliphatic carbocycles. The number of alkyl halides is 2. The number of anilines is 1. The topological polar surface area (TPSA) is 16.1 Å². The molecule has 1 aromatic rings. The van der Waals surface area contributed by atoms with E-state index in [1.165, 1.54) is 0 Å². The second-order valence-electron chi connectivity index (χ2n) is 3.78. The highest BCUT2D eigenvalue weighted by Gasteiger charge is 2.44. The third-order valence-electron chi connectivity index (χ3n) is 2.50. The Labute approximate surface area is 81.6 Å². The Balaban J connectivity index is 2.16. The summed E-state index contributed by atoms with van der Waals surface area (Å²) in [6.45, 7) is 3.43. The first-order chi connectivity index (χ1) is 6.48. The SMILES string of the molecule is Cc1ccc(N2CC(F)(F)C2)nc1C. The molecule has 0 saturated carbocycles. The molecule has 2 rings (SSSR count).